The fourth-order valence-corrected chi connectivity index (χ4v) is 1.82. The first kappa shape index (κ1) is 15.0. The summed E-state index contributed by atoms with van der Waals surface area (Å²) in [6, 6.07) is 9.83. The van der Waals surface area contributed by atoms with Crippen LogP contribution in [0.15, 0.2) is 30.3 Å². The van der Waals surface area contributed by atoms with Crippen LogP contribution in [-0.2, 0) is 0 Å². The van der Waals surface area contributed by atoms with Crippen LogP contribution >= 0.6 is 0 Å². The third kappa shape index (κ3) is 5.52. The maximum Gasteiger partial charge on any atom is 0.119 e. The molecule has 0 saturated heterocycles. The van der Waals surface area contributed by atoms with Crippen molar-refractivity contribution in [2.24, 2.45) is 0 Å². The average Bonchev–Trinajstić information content (AvgIpc) is 2.43. The highest BCUT2D eigenvalue weighted by molar-refractivity contribution is 5.20. The molecule has 1 aromatic rings. The van der Waals surface area contributed by atoms with E-state index in [0.717, 1.165) is 31.6 Å². The van der Waals surface area contributed by atoms with Crippen molar-refractivity contribution in [1.82, 2.24) is 5.32 Å². The Kier molecular flexibility index (Phi) is 6.76. The van der Waals surface area contributed by atoms with Gasteiger partial charge in [0.15, 0.2) is 0 Å². The molecule has 102 valence electrons. The molecule has 1 unspecified atom stereocenters. The zero-order chi connectivity index (χ0) is 13.3. The number of hydrogen-bond acceptors (Lipinski definition) is 3. The molecule has 3 heteroatoms. The molecule has 0 amide bonds. The van der Waals surface area contributed by atoms with Crippen LogP contribution < -0.4 is 10.1 Å². The summed E-state index contributed by atoms with van der Waals surface area (Å²) in [5.41, 5.74) is -0.184. The molecule has 3 nitrogen and oxygen atoms in total. The summed E-state index contributed by atoms with van der Waals surface area (Å²) in [7, 11) is 0. The molecule has 1 rings (SSSR count). The maximum atomic E-state index is 9.42. The fraction of sp³-hybridized carbons (Fsp3) is 0.600. The molecule has 0 aliphatic heterocycles. The molecule has 0 aliphatic rings. The van der Waals surface area contributed by atoms with Crippen molar-refractivity contribution in [3.05, 3.63) is 30.3 Å². The van der Waals surface area contributed by atoms with Crippen LogP contribution in [0.2, 0.25) is 0 Å². The summed E-state index contributed by atoms with van der Waals surface area (Å²) < 4.78 is 5.64. The molecule has 1 atom stereocenters. The smallest absolute Gasteiger partial charge is 0.119 e. The fourth-order valence-electron chi connectivity index (χ4n) is 1.82. The Bertz CT molecular complexity index is 316. The Morgan fingerprint density at radius 2 is 2.00 bits per heavy atom. The molecular formula is C15H25NO2. The predicted octanol–water partition coefficient (Wildman–Crippen LogP) is 2.60. The average molecular weight is 251 g/mol. The summed E-state index contributed by atoms with van der Waals surface area (Å²) in [5.74, 6) is 0.907. The molecule has 0 fully saturated rings. The zero-order valence-electron chi connectivity index (χ0n) is 11.5. The summed E-state index contributed by atoms with van der Waals surface area (Å²) in [6.07, 6.45) is 2.93. The van der Waals surface area contributed by atoms with E-state index in [9.17, 15) is 5.11 Å². The second-order valence-corrected chi connectivity index (χ2v) is 4.91. The summed E-state index contributed by atoms with van der Waals surface area (Å²) in [5, 5.41) is 12.8. The Hall–Kier alpha value is -1.06. The molecule has 0 heterocycles. The van der Waals surface area contributed by atoms with Crippen LogP contribution in [0.5, 0.6) is 5.75 Å². The first-order valence-electron chi connectivity index (χ1n) is 6.74. The van der Waals surface area contributed by atoms with Crippen LogP contribution in [0.25, 0.3) is 0 Å². The van der Waals surface area contributed by atoms with Gasteiger partial charge in [-0.15, -0.1) is 0 Å². The molecule has 0 spiro atoms. The van der Waals surface area contributed by atoms with E-state index in [1.807, 2.05) is 30.3 Å². The van der Waals surface area contributed by atoms with Crippen LogP contribution in [-0.4, -0.2) is 30.4 Å². The third-order valence-electron chi connectivity index (χ3n) is 3.04. The normalized spacial score (nSPS) is 14.2. The van der Waals surface area contributed by atoms with Gasteiger partial charge in [-0.05, 0) is 44.9 Å². The molecule has 0 saturated carbocycles. The Morgan fingerprint density at radius 1 is 1.28 bits per heavy atom. The molecule has 0 radical (unpaired) electrons. The van der Waals surface area contributed by atoms with Crippen molar-refractivity contribution in [3.8, 4) is 5.75 Å². The molecule has 2 N–H and O–H groups in total. The van der Waals surface area contributed by atoms with Gasteiger partial charge in [0.1, 0.15) is 5.75 Å². The lowest BCUT2D eigenvalue weighted by Gasteiger charge is -2.28. The SMILES string of the molecule is CCCNC(C)(CO)CCCOc1ccccc1. The van der Waals surface area contributed by atoms with E-state index in [2.05, 4.69) is 19.2 Å². The van der Waals surface area contributed by atoms with Crippen molar-refractivity contribution in [1.29, 1.82) is 0 Å². The number of rotatable bonds is 9. The minimum atomic E-state index is -0.184. The third-order valence-corrected chi connectivity index (χ3v) is 3.04. The van der Waals surface area contributed by atoms with Gasteiger partial charge in [-0.25, -0.2) is 0 Å². The van der Waals surface area contributed by atoms with Gasteiger partial charge in [0.05, 0.1) is 13.2 Å². The van der Waals surface area contributed by atoms with Crippen molar-refractivity contribution >= 4 is 0 Å². The van der Waals surface area contributed by atoms with Gasteiger partial charge < -0.3 is 15.2 Å². The summed E-state index contributed by atoms with van der Waals surface area (Å²) >= 11 is 0. The van der Waals surface area contributed by atoms with Gasteiger partial charge >= 0.3 is 0 Å². The van der Waals surface area contributed by atoms with Gasteiger partial charge in [0.2, 0.25) is 0 Å². The number of aliphatic hydroxyl groups excluding tert-OH is 1. The minimum Gasteiger partial charge on any atom is -0.494 e. The van der Waals surface area contributed by atoms with Gasteiger partial charge in [0, 0.05) is 5.54 Å². The van der Waals surface area contributed by atoms with Crippen molar-refractivity contribution in [3.63, 3.8) is 0 Å². The first-order chi connectivity index (χ1) is 8.70. The monoisotopic (exact) mass is 251 g/mol. The topological polar surface area (TPSA) is 41.5 Å². The van der Waals surface area contributed by atoms with Crippen molar-refractivity contribution < 1.29 is 9.84 Å². The number of ether oxygens (including phenoxy) is 1. The molecule has 18 heavy (non-hydrogen) atoms. The highest BCUT2D eigenvalue weighted by atomic mass is 16.5. The largest absolute Gasteiger partial charge is 0.494 e. The molecular weight excluding hydrogens is 226 g/mol. The van der Waals surface area contributed by atoms with E-state index in [4.69, 9.17) is 4.74 Å². The first-order valence-corrected chi connectivity index (χ1v) is 6.74. The van der Waals surface area contributed by atoms with E-state index in [1.165, 1.54) is 0 Å². The van der Waals surface area contributed by atoms with Crippen molar-refractivity contribution in [2.45, 2.75) is 38.6 Å². The highest BCUT2D eigenvalue weighted by Crippen LogP contribution is 2.13. The van der Waals surface area contributed by atoms with Crippen molar-refractivity contribution in [2.75, 3.05) is 19.8 Å². The molecule has 0 bridgehead atoms. The Labute approximate surface area is 110 Å². The zero-order valence-corrected chi connectivity index (χ0v) is 11.5. The lowest BCUT2D eigenvalue weighted by molar-refractivity contribution is 0.156. The van der Waals surface area contributed by atoms with Gasteiger partial charge in [-0.1, -0.05) is 25.1 Å². The van der Waals surface area contributed by atoms with E-state index >= 15 is 0 Å². The number of para-hydroxylation sites is 1. The van der Waals surface area contributed by atoms with Crippen LogP contribution in [0.3, 0.4) is 0 Å². The summed E-state index contributed by atoms with van der Waals surface area (Å²) in [4.78, 5) is 0. The maximum absolute atomic E-state index is 9.42. The molecule has 1 aromatic carbocycles. The second-order valence-electron chi connectivity index (χ2n) is 4.91. The number of nitrogens with one attached hydrogen (secondary N) is 1. The van der Waals surface area contributed by atoms with Crippen LogP contribution in [0, 0.1) is 0 Å². The van der Waals surface area contributed by atoms with E-state index in [-0.39, 0.29) is 12.1 Å². The summed E-state index contributed by atoms with van der Waals surface area (Å²) in [6.45, 7) is 5.98. The Balaban J connectivity index is 2.23. The quantitative estimate of drug-likeness (QED) is 0.663. The minimum absolute atomic E-state index is 0.165. The van der Waals surface area contributed by atoms with E-state index < -0.39 is 0 Å². The van der Waals surface area contributed by atoms with Crippen LogP contribution in [0.1, 0.15) is 33.1 Å². The number of hydrogen-bond donors (Lipinski definition) is 2. The number of benzene rings is 1. The lowest BCUT2D eigenvalue weighted by Crippen LogP contribution is -2.46. The van der Waals surface area contributed by atoms with E-state index in [1.54, 1.807) is 0 Å². The predicted molar refractivity (Wildman–Crippen MR) is 75.0 cm³/mol. The van der Waals surface area contributed by atoms with Crippen LogP contribution in [0.4, 0.5) is 0 Å². The van der Waals surface area contributed by atoms with Gasteiger partial charge in [-0.2, -0.15) is 0 Å². The van der Waals surface area contributed by atoms with Gasteiger partial charge in [-0.3, -0.25) is 0 Å². The highest BCUT2D eigenvalue weighted by Gasteiger charge is 2.21. The Morgan fingerprint density at radius 3 is 2.61 bits per heavy atom. The second kappa shape index (κ2) is 8.11. The molecule has 0 aromatic heterocycles. The molecule has 0 aliphatic carbocycles. The lowest BCUT2D eigenvalue weighted by atomic mass is 9.97. The standard InChI is InChI=1S/C15H25NO2/c1-3-11-16-15(2,13-17)10-7-12-18-14-8-5-4-6-9-14/h4-6,8-9,16-17H,3,7,10-13H2,1-2H3. The van der Waals surface area contributed by atoms with E-state index in [0.29, 0.717) is 6.61 Å². The number of aliphatic hydroxyl groups is 1. The van der Waals surface area contributed by atoms with Gasteiger partial charge in [0.25, 0.3) is 0 Å².